The third kappa shape index (κ3) is 7.81. The van der Waals surface area contributed by atoms with E-state index in [1.165, 1.54) is 0 Å². The number of primary amides is 2. The van der Waals surface area contributed by atoms with Crippen LogP contribution in [0.2, 0.25) is 0 Å². The largest absolute Gasteiger partial charge is 0.368 e. The van der Waals surface area contributed by atoms with Crippen LogP contribution in [-0.4, -0.2) is 35.3 Å². The van der Waals surface area contributed by atoms with Crippen LogP contribution >= 0.6 is 12.4 Å². The van der Waals surface area contributed by atoms with Crippen molar-refractivity contribution < 1.29 is 14.4 Å². The van der Waals surface area contributed by atoms with Crippen LogP contribution in [0.3, 0.4) is 0 Å². The number of nitrogens with two attached hydrogens (primary N) is 3. The van der Waals surface area contributed by atoms with Gasteiger partial charge in [-0.3, -0.25) is 9.59 Å². The lowest BCUT2D eigenvalue weighted by molar-refractivity contribution is -0.142. The van der Waals surface area contributed by atoms with Crippen molar-refractivity contribution in [1.82, 2.24) is 10.2 Å². The van der Waals surface area contributed by atoms with Crippen LogP contribution in [0.4, 0.5) is 4.79 Å². The van der Waals surface area contributed by atoms with Crippen molar-refractivity contribution in [3.8, 4) is 0 Å². The van der Waals surface area contributed by atoms with Crippen LogP contribution < -0.4 is 22.5 Å². The Labute approximate surface area is 230 Å². The van der Waals surface area contributed by atoms with E-state index in [1.54, 1.807) is 4.90 Å². The second kappa shape index (κ2) is 14.8. The second-order valence-corrected chi connectivity index (χ2v) is 8.98. The molecule has 0 aromatic heterocycles. The zero-order chi connectivity index (χ0) is 26.8. The van der Waals surface area contributed by atoms with Gasteiger partial charge in [0.1, 0.15) is 6.04 Å². The highest BCUT2D eigenvalue weighted by atomic mass is 35.5. The molecule has 0 spiro atoms. The molecule has 0 radical (unpaired) electrons. The Morgan fingerprint density at radius 2 is 1.34 bits per heavy atom. The predicted molar refractivity (Wildman–Crippen MR) is 151 cm³/mol. The van der Waals surface area contributed by atoms with Crippen LogP contribution in [0.15, 0.2) is 84.9 Å². The maximum Gasteiger partial charge on any atom is 0.312 e. The van der Waals surface area contributed by atoms with E-state index in [2.05, 4.69) is 5.32 Å². The number of benzene rings is 3. The first-order valence-electron chi connectivity index (χ1n) is 12.4. The summed E-state index contributed by atoms with van der Waals surface area (Å²) in [6.07, 6.45) is 0.905. The van der Waals surface area contributed by atoms with Gasteiger partial charge in [0.15, 0.2) is 0 Å². The van der Waals surface area contributed by atoms with Gasteiger partial charge < -0.3 is 27.4 Å². The molecule has 0 fully saturated rings. The molecule has 2 atom stereocenters. The standard InChI is InChI=1S/C29H35N5O3.ClH/c1-20(22-16-14-21(15-17-22)19-33-29(32)37)34(25(27(31)35)13-8-18-30)28(36)26(23-9-4-2-5-10-23)24-11-6-3-7-12-24;/h2-7,9-12,14-17,20,25-26H,8,13,18-19,30H2,1H3,(H2,31,35)(H3,32,33,37);1H/t20-,25-;/m1./s1. The summed E-state index contributed by atoms with van der Waals surface area (Å²) in [6.45, 7) is 2.56. The maximum absolute atomic E-state index is 14.4. The summed E-state index contributed by atoms with van der Waals surface area (Å²) in [5, 5.41) is 2.56. The van der Waals surface area contributed by atoms with E-state index in [0.717, 1.165) is 22.3 Å². The third-order valence-electron chi connectivity index (χ3n) is 6.46. The monoisotopic (exact) mass is 537 g/mol. The molecule has 0 unspecified atom stereocenters. The fourth-order valence-electron chi connectivity index (χ4n) is 4.53. The Kier molecular flexibility index (Phi) is 11.8. The van der Waals surface area contributed by atoms with Gasteiger partial charge in [0.25, 0.3) is 0 Å². The third-order valence-corrected chi connectivity index (χ3v) is 6.46. The molecule has 0 bridgehead atoms. The number of hydrogen-bond donors (Lipinski definition) is 4. The van der Waals surface area contributed by atoms with E-state index in [9.17, 15) is 14.4 Å². The van der Waals surface area contributed by atoms with Crippen LogP contribution in [0.25, 0.3) is 0 Å². The minimum Gasteiger partial charge on any atom is -0.368 e. The van der Waals surface area contributed by atoms with E-state index in [4.69, 9.17) is 17.2 Å². The van der Waals surface area contributed by atoms with E-state index in [-0.39, 0.29) is 24.9 Å². The van der Waals surface area contributed by atoms with Gasteiger partial charge in [0.05, 0.1) is 12.0 Å². The number of hydrogen-bond acceptors (Lipinski definition) is 4. The lowest BCUT2D eigenvalue weighted by Crippen LogP contribution is -2.51. The van der Waals surface area contributed by atoms with Crippen molar-refractivity contribution in [2.24, 2.45) is 17.2 Å². The second-order valence-electron chi connectivity index (χ2n) is 8.98. The number of amides is 4. The lowest BCUT2D eigenvalue weighted by atomic mass is 9.88. The summed E-state index contributed by atoms with van der Waals surface area (Å²) in [4.78, 5) is 39.8. The quantitative estimate of drug-likeness (QED) is 0.280. The smallest absolute Gasteiger partial charge is 0.312 e. The van der Waals surface area contributed by atoms with E-state index < -0.39 is 29.9 Å². The Morgan fingerprint density at radius 3 is 1.79 bits per heavy atom. The van der Waals surface area contributed by atoms with Crippen molar-refractivity contribution in [1.29, 1.82) is 0 Å². The molecule has 3 aromatic carbocycles. The number of halogens is 1. The van der Waals surface area contributed by atoms with Crippen molar-refractivity contribution in [2.45, 2.75) is 44.3 Å². The number of urea groups is 1. The molecule has 0 aliphatic heterocycles. The molecule has 0 saturated heterocycles. The lowest BCUT2D eigenvalue weighted by Gasteiger charge is -2.38. The topological polar surface area (TPSA) is 145 Å². The molecule has 202 valence electrons. The van der Waals surface area contributed by atoms with Crippen molar-refractivity contribution in [2.75, 3.05) is 6.54 Å². The summed E-state index contributed by atoms with van der Waals surface area (Å²) in [5.74, 6) is -1.41. The van der Waals surface area contributed by atoms with Gasteiger partial charge in [0, 0.05) is 6.54 Å². The number of nitrogens with one attached hydrogen (secondary N) is 1. The number of nitrogens with zero attached hydrogens (tertiary/aromatic N) is 1. The van der Waals surface area contributed by atoms with Crippen molar-refractivity contribution >= 4 is 30.3 Å². The first-order valence-corrected chi connectivity index (χ1v) is 12.4. The zero-order valence-corrected chi connectivity index (χ0v) is 22.3. The summed E-state index contributed by atoms with van der Waals surface area (Å²) in [6, 6.07) is 24.6. The van der Waals surface area contributed by atoms with Crippen molar-refractivity contribution in [3.05, 3.63) is 107 Å². The van der Waals surface area contributed by atoms with E-state index in [0.29, 0.717) is 19.4 Å². The molecule has 8 nitrogen and oxygen atoms in total. The summed E-state index contributed by atoms with van der Waals surface area (Å²) >= 11 is 0. The molecule has 3 aromatic rings. The van der Waals surface area contributed by atoms with Gasteiger partial charge >= 0.3 is 6.03 Å². The van der Waals surface area contributed by atoms with Gasteiger partial charge in [-0.1, -0.05) is 84.9 Å². The Bertz CT molecular complexity index is 1140. The fourth-order valence-corrected chi connectivity index (χ4v) is 4.53. The first kappa shape index (κ1) is 30.3. The fraction of sp³-hybridized carbons (Fsp3) is 0.276. The average molecular weight is 538 g/mol. The van der Waals surface area contributed by atoms with Crippen LogP contribution in [0.5, 0.6) is 0 Å². The molecule has 0 aliphatic rings. The van der Waals surface area contributed by atoms with E-state index in [1.807, 2.05) is 91.9 Å². The molecule has 4 amide bonds. The Morgan fingerprint density at radius 1 is 0.816 bits per heavy atom. The van der Waals surface area contributed by atoms with Gasteiger partial charge in [0.2, 0.25) is 11.8 Å². The molecular formula is C29H36ClN5O3. The Balaban J connectivity index is 0.00000507. The molecular weight excluding hydrogens is 502 g/mol. The predicted octanol–water partition coefficient (Wildman–Crippen LogP) is 3.59. The maximum atomic E-state index is 14.4. The molecule has 0 heterocycles. The first-order chi connectivity index (χ1) is 17.8. The van der Waals surface area contributed by atoms with Crippen molar-refractivity contribution in [3.63, 3.8) is 0 Å². The molecule has 0 aliphatic carbocycles. The molecule has 9 heteroatoms. The number of carbonyl (C=O) groups is 3. The number of rotatable bonds is 12. The highest BCUT2D eigenvalue weighted by Crippen LogP contribution is 2.33. The number of carbonyl (C=O) groups excluding carboxylic acids is 3. The highest BCUT2D eigenvalue weighted by Gasteiger charge is 2.37. The highest BCUT2D eigenvalue weighted by molar-refractivity contribution is 5.92. The zero-order valence-electron chi connectivity index (χ0n) is 21.5. The molecule has 0 saturated carbocycles. The summed E-state index contributed by atoms with van der Waals surface area (Å²) in [5.41, 5.74) is 20.1. The minimum atomic E-state index is -0.836. The van der Waals surface area contributed by atoms with Crippen LogP contribution in [-0.2, 0) is 16.1 Å². The molecule has 38 heavy (non-hydrogen) atoms. The minimum absolute atomic E-state index is 0. The van der Waals surface area contributed by atoms with Gasteiger partial charge in [-0.15, -0.1) is 12.4 Å². The van der Waals surface area contributed by atoms with Crippen LogP contribution in [0, 0.1) is 0 Å². The van der Waals surface area contributed by atoms with Crippen LogP contribution in [0.1, 0.15) is 54.0 Å². The van der Waals surface area contributed by atoms with Gasteiger partial charge in [-0.25, -0.2) is 4.79 Å². The van der Waals surface area contributed by atoms with E-state index >= 15 is 0 Å². The van der Waals surface area contributed by atoms with Gasteiger partial charge in [-0.05, 0) is 48.6 Å². The Hall–Kier alpha value is -3.88. The molecule has 3 rings (SSSR count). The normalized spacial score (nSPS) is 12.2. The average Bonchev–Trinajstić information content (AvgIpc) is 2.91. The SMILES string of the molecule is C[C@H](c1ccc(CNC(N)=O)cc1)N(C(=O)C(c1ccccc1)c1ccccc1)[C@H](CCCN)C(N)=O.Cl. The molecule has 7 N–H and O–H groups in total. The summed E-state index contributed by atoms with van der Waals surface area (Å²) in [7, 11) is 0. The summed E-state index contributed by atoms with van der Waals surface area (Å²) < 4.78 is 0. The van der Waals surface area contributed by atoms with Gasteiger partial charge in [-0.2, -0.15) is 0 Å².